The van der Waals surface area contributed by atoms with Gasteiger partial charge in [0.1, 0.15) is 11.9 Å². The van der Waals surface area contributed by atoms with Crippen LogP contribution in [0.5, 0.6) is 0 Å². The highest BCUT2D eigenvalue weighted by Crippen LogP contribution is 2.22. The molecule has 1 aromatic rings. The molecular formula is C12H12FNO4. The highest BCUT2D eigenvalue weighted by atomic mass is 19.1. The van der Waals surface area contributed by atoms with E-state index < -0.39 is 23.8 Å². The van der Waals surface area contributed by atoms with E-state index in [2.05, 4.69) is 5.32 Å². The summed E-state index contributed by atoms with van der Waals surface area (Å²) in [5, 5.41) is 11.2. The third-order valence-electron chi connectivity index (χ3n) is 2.71. The summed E-state index contributed by atoms with van der Waals surface area (Å²) in [6, 6.07) is 3.61. The van der Waals surface area contributed by atoms with E-state index in [4.69, 9.17) is 9.84 Å². The summed E-state index contributed by atoms with van der Waals surface area (Å²) in [6.45, 7) is 0.487. The van der Waals surface area contributed by atoms with E-state index in [1.165, 1.54) is 12.1 Å². The molecule has 1 atom stereocenters. The number of carboxylic acids is 1. The molecule has 18 heavy (non-hydrogen) atoms. The first-order valence-electron chi connectivity index (χ1n) is 5.54. The molecule has 6 heteroatoms. The fourth-order valence-electron chi connectivity index (χ4n) is 1.82. The molecule has 0 unspecified atom stereocenters. The number of carboxylic acid groups (broad SMARTS) is 1. The Morgan fingerprint density at radius 2 is 2.22 bits per heavy atom. The lowest BCUT2D eigenvalue weighted by Crippen LogP contribution is -2.28. The average molecular weight is 253 g/mol. The lowest BCUT2D eigenvalue weighted by Gasteiger charge is -2.12. The van der Waals surface area contributed by atoms with Crippen LogP contribution in [0.2, 0.25) is 0 Å². The third kappa shape index (κ3) is 2.48. The Balaban J connectivity index is 2.22. The summed E-state index contributed by atoms with van der Waals surface area (Å²) >= 11 is 0. The number of hydrogen-bond donors (Lipinski definition) is 2. The molecule has 1 amide bonds. The first kappa shape index (κ1) is 12.5. The highest BCUT2D eigenvalue weighted by molar-refractivity contribution is 6.02. The van der Waals surface area contributed by atoms with Crippen molar-refractivity contribution in [3.63, 3.8) is 0 Å². The van der Waals surface area contributed by atoms with E-state index in [1.54, 1.807) is 0 Å². The van der Waals surface area contributed by atoms with Crippen LogP contribution in [-0.4, -0.2) is 29.7 Å². The van der Waals surface area contributed by atoms with Gasteiger partial charge in [0.15, 0.2) is 0 Å². The zero-order chi connectivity index (χ0) is 13.1. The lowest BCUT2D eigenvalue weighted by molar-refractivity contribution is -0.124. The van der Waals surface area contributed by atoms with E-state index in [0.717, 1.165) is 12.5 Å². The molecule has 2 rings (SSSR count). The van der Waals surface area contributed by atoms with Crippen LogP contribution < -0.4 is 5.32 Å². The number of anilines is 1. The van der Waals surface area contributed by atoms with Gasteiger partial charge in [0.05, 0.1) is 11.3 Å². The number of amides is 1. The van der Waals surface area contributed by atoms with Gasteiger partial charge in [0.2, 0.25) is 0 Å². The SMILES string of the molecule is O=C(O)c1cccc(F)c1NC(=O)[C@@H]1CCCO1. The van der Waals surface area contributed by atoms with E-state index >= 15 is 0 Å². The minimum Gasteiger partial charge on any atom is -0.478 e. The van der Waals surface area contributed by atoms with Crippen LogP contribution in [0.4, 0.5) is 10.1 Å². The van der Waals surface area contributed by atoms with Gasteiger partial charge in [0, 0.05) is 6.61 Å². The molecule has 96 valence electrons. The summed E-state index contributed by atoms with van der Waals surface area (Å²) in [7, 11) is 0. The maximum Gasteiger partial charge on any atom is 0.337 e. The van der Waals surface area contributed by atoms with Crippen molar-refractivity contribution in [2.45, 2.75) is 18.9 Å². The van der Waals surface area contributed by atoms with E-state index in [-0.39, 0.29) is 11.3 Å². The predicted octanol–water partition coefficient (Wildman–Crippen LogP) is 1.64. The van der Waals surface area contributed by atoms with Gasteiger partial charge in [-0.15, -0.1) is 0 Å². The molecule has 1 heterocycles. The molecule has 1 aliphatic rings. The van der Waals surface area contributed by atoms with Crippen LogP contribution in [0.3, 0.4) is 0 Å². The van der Waals surface area contributed by atoms with Gasteiger partial charge in [-0.05, 0) is 25.0 Å². The maximum absolute atomic E-state index is 13.5. The first-order chi connectivity index (χ1) is 8.59. The van der Waals surface area contributed by atoms with Gasteiger partial charge in [-0.3, -0.25) is 4.79 Å². The maximum atomic E-state index is 13.5. The minimum atomic E-state index is -1.29. The molecule has 0 spiro atoms. The molecule has 1 aromatic carbocycles. The van der Waals surface area contributed by atoms with Gasteiger partial charge in [-0.2, -0.15) is 0 Å². The minimum absolute atomic E-state index is 0.277. The monoisotopic (exact) mass is 253 g/mol. The van der Waals surface area contributed by atoms with E-state index in [9.17, 15) is 14.0 Å². The number of carbonyl (C=O) groups is 2. The molecule has 5 nitrogen and oxygen atoms in total. The van der Waals surface area contributed by atoms with Crippen molar-refractivity contribution >= 4 is 17.6 Å². The predicted molar refractivity (Wildman–Crippen MR) is 61.0 cm³/mol. The van der Waals surface area contributed by atoms with E-state index in [0.29, 0.717) is 13.0 Å². The van der Waals surface area contributed by atoms with Crippen LogP contribution >= 0.6 is 0 Å². The Hall–Kier alpha value is -1.95. The summed E-state index contributed by atoms with van der Waals surface area (Å²) in [5.74, 6) is -2.58. The van der Waals surface area contributed by atoms with Crippen LogP contribution in [-0.2, 0) is 9.53 Å². The number of ether oxygens (including phenoxy) is 1. The van der Waals surface area contributed by atoms with Gasteiger partial charge >= 0.3 is 5.97 Å². The number of aromatic carboxylic acids is 1. The Bertz CT molecular complexity index is 483. The van der Waals surface area contributed by atoms with Gasteiger partial charge < -0.3 is 15.2 Å². The van der Waals surface area contributed by atoms with Gasteiger partial charge in [-0.1, -0.05) is 6.07 Å². The smallest absolute Gasteiger partial charge is 0.337 e. The van der Waals surface area contributed by atoms with Gasteiger partial charge in [-0.25, -0.2) is 9.18 Å². The molecule has 1 fully saturated rings. The normalized spacial score (nSPS) is 18.6. The van der Waals surface area contributed by atoms with Crippen LogP contribution in [0.1, 0.15) is 23.2 Å². The highest BCUT2D eigenvalue weighted by Gasteiger charge is 2.26. The second kappa shape index (κ2) is 5.14. The second-order valence-corrected chi connectivity index (χ2v) is 3.96. The lowest BCUT2D eigenvalue weighted by atomic mass is 10.1. The fraction of sp³-hybridized carbons (Fsp3) is 0.333. The molecule has 0 bridgehead atoms. The van der Waals surface area contributed by atoms with Crippen molar-refractivity contribution < 1.29 is 23.8 Å². The van der Waals surface area contributed by atoms with E-state index in [1.807, 2.05) is 0 Å². The van der Waals surface area contributed by atoms with Crippen LogP contribution in [0.25, 0.3) is 0 Å². The number of halogens is 1. The van der Waals surface area contributed by atoms with Crippen molar-refractivity contribution in [3.05, 3.63) is 29.6 Å². The van der Waals surface area contributed by atoms with Crippen molar-refractivity contribution in [3.8, 4) is 0 Å². The Labute approximate surface area is 103 Å². The molecule has 1 saturated heterocycles. The summed E-state index contributed by atoms with van der Waals surface area (Å²) in [6.07, 6.45) is 0.690. The quantitative estimate of drug-likeness (QED) is 0.858. The molecule has 2 N–H and O–H groups in total. The zero-order valence-corrected chi connectivity index (χ0v) is 9.48. The molecule has 0 aliphatic carbocycles. The molecule has 1 aliphatic heterocycles. The first-order valence-corrected chi connectivity index (χ1v) is 5.54. The Morgan fingerprint density at radius 3 is 2.83 bits per heavy atom. The summed E-state index contributed by atoms with van der Waals surface area (Å²) < 4.78 is 18.7. The Morgan fingerprint density at radius 1 is 1.44 bits per heavy atom. The number of benzene rings is 1. The number of carbonyl (C=O) groups excluding carboxylic acids is 1. The molecule has 0 radical (unpaired) electrons. The fourth-order valence-corrected chi connectivity index (χ4v) is 1.82. The van der Waals surface area contributed by atoms with Crippen LogP contribution in [0.15, 0.2) is 18.2 Å². The Kier molecular flexibility index (Phi) is 3.57. The number of nitrogens with one attached hydrogen (secondary N) is 1. The number of rotatable bonds is 3. The second-order valence-electron chi connectivity index (χ2n) is 3.96. The topological polar surface area (TPSA) is 75.6 Å². The average Bonchev–Trinajstić information content (AvgIpc) is 2.85. The molecular weight excluding hydrogens is 241 g/mol. The van der Waals surface area contributed by atoms with Crippen LogP contribution in [0, 0.1) is 5.82 Å². The van der Waals surface area contributed by atoms with Gasteiger partial charge in [0.25, 0.3) is 5.91 Å². The standard InChI is InChI=1S/C12H12FNO4/c13-8-4-1-3-7(12(16)17)10(8)14-11(15)9-5-2-6-18-9/h1,3-4,9H,2,5-6H2,(H,14,15)(H,16,17)/t9-/m0/s1. The molecule has 0 aromatic heterocycles. The number of hydrogen-bond acceptors (Lipinski definition) is 3. The van der Waals surface area contributed by atoms with Crippen molar-refractivity contribution in [2.24, 2.45) is 0 Å². The van der Waals surface area contributed by atoms with Crippen molar-refractivity contribution in [2.75, 3.05) is 11.9 Å². The summed E-state index contributed by atoms with van der Waals surface area (Å²) in [5.41, 5.74) is -0.591. The number of para-hydroxylation sites is 1. The van der Waals surface area contributed by atoms with Crippen molar-refractivity contribution in [1.82, 2.24) is 0 Å². The van der Waals surface area contributed by atoms with Crippen molar-refractivity contribution in [1.29, 1.82) is 0 Å². The zero-order valence-electron chi connectivity index (χ0n) is 9.48. The molecule has 0 saturated carbocycles. The largest absolute Gasteiger partial charge is 0.478 e. The summed E-state index contributed by atoms with van der Waals surface area (Å²) in [4.78, 5) is 22.7. The third-order valence-corrected chi connectivity index (χ3v) is 2.71.